The van der Waals surface area contributed by atoms with E-state index in [2.05, 4.69) is 15.2 Å². The van der Waals surface area contributed by atoms with Gasteiger partial charge in [-0.2, -0.15) is 0 Å². The Balaban J connectivity index is 1.46. The molecule has 120 valence electrons. The molecule has 1 N–H and O–H groups in total. The van der Waals surface area contributed by atoms with Crippen molar-refractivity contribution in [2.45, 2.75) is 18.9 Å². The van der Waals surface area contributed by atoms with E-state index in [1.165, 1.54) is 36.3 Å². The fourth-order valence-corrected chi connectivity index (χ4v) is 4.30. The van der Waals surface area contributed by atoms with Gasteiger partial charge >= 0.3 is 0 Å². The van der Waals surface area contributed by atoms with E-state index in [1.54, 1.807) is 18.3 Å². The largest absolute Gasteiger partial charge is 0.347 e. The number of fused-ring (bicyclic) bond motifs is 3. The van der Waals surface area contributed by atoms with Gasteiger partial charge in [0.25, 0.3) is 5.91 Å². The summed E-state index contributed by atoms with van der Waals surface area (Å²) in [5, 5.41) is 3.91. The predicted octanol–water partition coefficient (Wildman–Crippen LogP) is 2.77. The third-order valence-corrected chi connectivity index (χ3v) is 5.84. The number of nitrogens with zero attached hydrogens (tertiary/aromatic N) is 2. The summed E-state index contributed by atoms with van der Waals surface area (Å²) in [6.45, 7) is 3.28. The monoisotopic (exact) mass is 331 g/mol. The molecular weight excluding hydrogens is 313 g/mol. The van der Waals surface area contributed by atoms with Crippen LogP contribution in [0, 0.1) is 11.7 Å². The first kappa shape index (κ1) is 14.8. The smallest absolute Gasteiger partial charge is 0.263 e. The van der Waals surface area contributed by atoms with Gasteiger partial charge in [0.15, 0.2) is 0 Å². The molecule has 2 aromatic rings. The van der Waals surface area contributed by atoms with Crippen LogP contribution in [0.25, 0.3) is 10.6 Å². The summed E-state index contributed by atoms with van der Waals surface area (Å²) < 4.78 is 13.0. The predicted molar refractivity (Wildman–Crippen MR) is 87.9 cm³/mol. The van der Waals surface area contributed by atoms with Crippen molar-refractivity contribution in [1.82, 2.24) is 15.2 Å². The molecule has 6 heteroatoms. The van der Waals surface area contributed by atoms with Crippen LogP contribution in [0.15, 0.2) is 30.5 Å². The third-order valence-electron chi connectivity index (χ3n) is 4.79. The molecular formula is C17H18FN3OS. The molecule has 3 aliphatic heterocycles. The molecule has 3 aliphatic rings. The Morgan fingerprint density at radius 3 is 2.65 bits per heavy atom. The first-order valence-corrected chi connectivity index (χ1v) is 8.76. The van der Waals surface area contributed by atoms with Crippen LogP contribution in [-0.2, 0) is 0 Å². The maximum Gasteiger partial charge on any atom is 0.263 e. The normalized spacial score (nSPS) is 26.2. The second-order valence-electron chi connectivity index (χ2n) is 6.25. The Hall–Kier alpha value is -1.79. The highest BCUT2D eigenvalue weighted by Gasteiger charge is 2.35. The van der Waals surface area contributed by atoms with E-state index in [0.29, 0.717) is 10.8 Å². The van der Waals surface area contributed by atoms with Gasteiger partial charge in [-0.15, -0.1) is 11.3 Å². The molecule has 4 nitrogen and oxygen atoms in total. The lowest BCUT2D eigenvalue weighted by Crippen LogP contribution is -2.57. The van der Waals surface area contributed by atoms with Crippen LogP contribution in [0.1, 0.15) is 22.5 Å². The molecule has 3 saturated heterocycles. The minimum absolute atomic E-state index is 0.0467. The number of halogens is 1. The van der Waals surface area contributed by atoms with Crippen LogP contribution < -0.4 is 5.32 Å². The Morgan fingerprint density at radius 2 is 2.00 bits per heavy atom. The summed E-state index contributed by atoms with van der Waals surface area (Å²) in [7, 11) is 0. The van der Waals surface area contributed by atoms with Gasteiger partial charge in [0.2, 0.25) is 0 Å². The van der Waals surface area contributed by atoms with Gasteiger partial charge in [-0.05, 0) is 56.1 Å². The van der Waals surface area contributed by atoms with Crippen molar-refractivity contribution < 1.29 is 9.18 Å². The van der Waals surface area contributed by atoms with Gasteiger partial charge in [-0.1, -0.05) is 0 Å². The average Bonchev–Trinajstić information content (AvgIpc) is 3.07. The Morgan fingerprint density at radius 1 is 1.26 bits per heavy atom. The van der Waals surface area contributed by atoms with Crippen molar-refractivity contribution in [2.24, 2.45) is 5.92 Å². The summed E-state index contributed by atoms with van der Waals surface area (Å²) >= 11 is 1.35. The van der Waals surface area contributed by atoms with E-state index in [0.717, 1.165) is 30.2 Å². The van der Waals surface area contributed by atoms with Gasteiger partial charge < -0.3 is 10.2 Å². The quantitative estimate of drug-likeness (QED) is 0.941. The molecule has 1 aromatic heterocycles. The van der Waals surface area contributed by atoms with Crippen LogP contribution in [0.3, 0.4) is 0 Å². The van der Waals surface area contributed by atoms with Gasteiger partial charge in [0.1, 0.15) is 15.7 Å². The number of hydrogen-bond acceptors (Lipinski definition) is 4. The molecule has 1 amide bonds. The van der Waals surface area contributed by atoms with Crippen molar-refractivity contribution >= 4 is 17.2 Å². The van der Waals surface area contributed by atoms with Crippen molar-refractivity contribution in [2.75, 3.05) is 19.6 Å². The first-order chi connectivity index (χ1) is 11.2. The Bertz CT molecular complexity index is 707. The molecule has 1 unspecified atom stereocenters. The molecule has 3 fully saturated rings. The van der Waals surface area contributed by atoms with E-state index < -0.39 is 0 Å². The van der Waals surface area contributed by atoms with Crippen LogP contribution in [0.2, 0.25) is 0 Å². The van der Waals surface area contributed by atoms with Crippen molar-refractivity contribution in [3.8, 4) is 10.6 Å². The van der Waals surface area contributed by atoms with Crippen molar-refractivity contribution in [3.63, 3.8) is 0 Å². The number of nitrogens with one attached hydrogen (secondary N) is 1. The molecule has 23 heavy (non-hydrogen) atoms. The summed E-state index contributed by atoms with van der Waals surface area (Å²) in [5.74, 6) is 0.286. The van der Waals surface area contributed by atoms with E-state index in [-0.39, 0.29) is 17.8 Å². The zero-order valence-electron chi connectivity index (χ0n) is 12.7. The molecule has 0 aliphatic carbocycles. The second kappa shape index (κ2) is 6.02. The molecule has 1 aromatic carbocycles. The van der Waals surface area contributed by atoms with E-state index in [4.69, 9.17) is 0 Å². The topological polar surface area (TPSA) is 45.2 Å². The lowest BCUT2D eigenvalue weighted by Gasteiger charge is -2.44. The Labute approximate surface area is 138 Å². The lowest BCUT2D eigenvalue weighted by atomic mass is 9.84. The molecule has 4 heterocycles. The number of rotatable bonds is 3. The number of hydrogen-bond donors (Lipinski definition) is 1. The number of thiazole rings is 1. The van der Waals surface area contributed by atoms with Gasteiger partial charge in [-0.25, -0.2) is 9.37 Å². The highest BCUT2D eigenvalue weighted by atomic mass is 32.1. The SMILES string of the molecule is O=C(NC1CN2CCC1CC2)c1cnc(-c2ccc(F)cc2)s1. The average molecular weight is 331 g/mol. The van der Waals surface area contributed by atoms with Crippen molar-refractivity contribution in [1.29, 1.82) is 0 Å². The van der Waals surface area contributed by atoms with Gasteiger partial charge in [-0.3, -0.25) is 4.79 Å². The standard InChI is InChI=1S/C17H18FN3OS/c18-13-3-1-12(2-4-13)17-19-9-15(23-17)16(22)20-14-10-21-7-5-11(14)6-8-21/h1-4,9,11,14H,5-8,10H2,(H,20,22). The summed E-state index contributed by atoms with van der Waals surface area (Å²) in [4.78, 5) is 19.8. The number of benzene rings is 1. The number of carbonyl (C=O) groups excluding carboxylic acids is 1. The maximum atomic E-state index is 13.0. The summed E-state index contributed by atoms with van der Waals surface area (Å²) in [6, 6.07) is 6.43. The lowest BCUT2D eigenvalue weighted by molar-refractivity contribution is 0.0622. The molecule has 0 spiro atoms. The zero-order chi connectivity index (χ0) is 15.8. The molecule has 5 rings (SSSR count). The zero-order valence-corrected chi connectivity index (χ0v) is 13.5. The van der Waals surface area contributed by atoms with Gasteiger partial charge in [0.05, 0.1) is 6.20 Å². The van der Waals surface area contributed by atoms with Crippen LogP contribution in [-0.4, -0.2) is 41.5 Å². The number of aromatic nitrogens is 1. The number of carbonyl (C=O) groups is 1. The van der Waals surface area contributed by atoms with Crippen molar-refractivity contribution in [3.05, 3.63) is 41.2 Å². The molecule has 2 bridgehead atoms. The third kappa shape index (κ3) is 3.01. The summed E-state index contributed by atoms with van der Waals surface area (Å²) in [5.41, 5.74) is 0.832. The maximum absolute atomic E-state index is 13.0. The van der Waals surface area contributed by atoms with E-state index in [1.807, 2.05) is 0 Å². The fourth-order valence-electron chi connectivity index (χ4n) is 3.47. The molecule has 1 atom stereocenters. The van der Waals surface area contributed by atoms with Gasteiger partial charge in [0, 0.05) is 18.2 Å². The summed E-state index contributed by atoms with van der Waals surface area (Å²) in [6.07, 6.45) is 3.96. The minimum Gasteiger partial charge on any atom is -0.347 e. The van der Waals surface area contributed by atoms with Crippen LogP contribution in [0.4, 0.5) is 4.39 Å². The second-order valence-corrected chi connectivity index (χ2v) is 7.29. The molecule has 0 radical (unpaired) electrons. The van der Waals surface area contributed by atoms with E-state index >= 15 is 0 Å². The highest BCUT2D eigenvalue weighted by Crippen LogP contribution is 2.29. The minimum atomic E-state index is -0.273. The van der Waals surface area contributed by atoms with Crippen LogP contribution >= 0.6 is 11.3 Å². The fraction of sp³-hybridized carbons (Fsp3) is 0.412. The molecule has 0 saturated carbocycles. The van der Waals surface area contributed by atoms with E-state index in [9.17, 15) is 9.18 Å². The highest BCUT2D eigenvalue weighted by molar-refractivity contribution is 7.16. The first-order valence-electron chi connectivity index (χ1n) is 7.94. The number of piperidine rings is 3. The number of amides is 1. The van der Waals surface area contributed by atoms with Crippen LogP contribution in [0.5, 0.6) is 0 Å². The Kier molecular flexibility index (Phi) is 3.87.